The maximum atomic E-state index is 5.55. The van der Waals surface area contributed by atoms with Gasteiger partial charge in [0.05, 0.1) is 12.3 Å². The summed E-state index contributed by atoms with van der Waals surface area (Å²) >= 11 is 1.75. The molecule has 3 nitrogen and oxygen atoms in total. The van der Waals surface area contributed by atoms with Crippen molar-refractivity contribution in [2.24, 2.45) is 5.73 Å². The number of ether oxygens (including phenoxy) is 1. The average Bonchev–Trinajstić information content (AvgIpc) is 2.69. The molecule has 0 amide bonds. The summed E-state index contributed by atoms with van der Waals surface area (Å²) in [5.74, 6) is 0. The molecule has 0 aliphatic carbocycles. The number of thiazole rings is 1. The first-order chi connectivity index (χ1) is 7.24. The van der Waals surface area contributed by atoms with Crippen molar-refractivity contribution in [1.29, 1.82) is 0 Å². The van der Waals surface area contributed by atoms with Crippen LogP contribution in [0.4, 0.5) is 0 Å². The molecule has 0 radical (unpaired) electrons. The van der Waals surface area contributed by atoms with E-state index in [4.69, 9.17) is 10.5 Å². The highest BCUT2D eigenvalue weighted by Gasteiger charge is 2.32. The predicted octanol–water partition coefficient (Wildman–Crippen LogP) is 1.71. The lowest BCUT2D eigenvalue weighted by atomic mass is 9.85. The Morgan fingerprint density at radius 2 is 2.53 bits per heavy atom. The summed E-state index contributed by atoms with van der Waals surface area (Å²) in [5, 5.41) is 3.34. The highest BCUT2D eigenvalue weighted by atomic mass is 32.1. The Bertz CT molecular complexity index is 318. The molecule has 2 N–H and O–H groups in total. The number of nitrogens with zero attached hydrogens (tertiary/aromatic N) is 1. The molecule has 1 fully saturated rings. The highest BCUT2D eigenvalue weighted by Crippen LogP contribution is 2.34. The highest BCUT2D eigenvalue weighted by molar-refractivity contribution is 7.09. The van der Waals surface area contributed by atoms with E-state index >= 15 is 0 Å². The standard InChI is InChI=1S/C11H18N2OS/c1-11(4-2-6-14-8-11)10-13-9(3-5-12)7-15-10/h7H,2-6,8,12H2,1H3. The molecule has 15 heavy (non-hydrogen) atoms. The Labute approximate surface area is 94.7 Å². The molecular formula is C11H18N2OS. The zero-order valence-electron chi connectivity index (χ0n) is 9.16. The van der Waals surface area contributed by atoms with Crippen LogP contribution in [0.5, 0.6) is 0 Å². The Kier molecular flexibility index (Phi) is 3.38. The van der Waals surface area contributed by atoms with Crippen LogP contribution in [-0.4, -0.2) is 24.7 Å². The minimum absolute atomic E-state index is 0.135. The van der Waals surface area contributed by atoms with Gasteiger partial charge in [0.15, 0.2) is 0 Å². The second-order valence-electron chi connectivity index (χ2n) is 4.40. The smallest absolute Gasteiger partial charge is 0.101 e. The van der Waals surface area contributed by atoms with Gasteiger partial charge in [0.1, 0.15) is 5.01 Å². The maximum Gasteiger partial charge on any atom is 0.101 e. The summed E-state index contributed by atoms with van der Waals surface area (Å²) in [6.45, 7) is 4.63. The van der Waals surface area contributed by atoms with Gasteiger partial charge in [-0.25, -0.2) is 4.98 Å². The molecule has 84 valence electrons. The molecule has 1 aromatic rings. The summed E-state index contributed by atoms with van der Waals surface area (Å²) in [6, 6.07) is 0. The van der Waals surface area contributed by atoms with Crippen LogP contribution >= 0.6 is 11.3 Å². The van der Waals surface area contributed by atoms with E-state index in [2.05, 4.69) is 17.3 Å². The minimum Gasteiger partial charge on any atom is -0.380 e. The van der Waals surface area contributed by atoms with Gasteiger partial charge in [-0.2, -0.15) is 0 Å². The van der Waals surface area contributed by atoms with Crippen LogP contribution in [0.25, 0.3) is 0 Å². The fourth-order valence-electron chi connectivity index (χ4n) is 1.95. The van der Waals surface area contributed by atoms with Gasteiger partial charge in [-0.1, -0.05) is 6.92 Å². The second-order valence-corrected chi connectivity index (χ2v) is 5.26. The lowest BCUT2D eigenvalue weighted by Gasteiger charge is -2.31. The minimum atomic E-state index is 0.135. The first-order valence-corrected chi connectivity index (χ1v) is 6.35. The summed E-state index contributed by atoms with van der Waals surface area (Å²) in [4.78, 5) is 4.65. The SMILES string of the molecule is CC1(c2nc(CCN)cs2)CCCOC1. The summed E-state index contributed by atoms with van der Waals surface area (Å²) in [7, 11) is 0. The van der Waals surface area contributed by atoms with E-state index < -0.39 is 0 Å². The van der Waals surface area contributed by atoms with Gasteiger partial charge in [-0.3, -0.25) is 0 Å². The molecule has 0 aromatic carbocycles. The zero-order valence-corrected chi connectivity index (χ0v) is 9.98. The maximum absolute atomic E-state index is 5.55. The van der Waals surface area contributed by atoms with E-state index in [0.29, 0.717) is 6.54 Å². The van der Waals surface area contributed by atoms with E-state index in [1.165, 1.54) is 11.4 Å². The normalized spacial score (nSPS) is 26.8. The molecular weight excluding hydrogens is 208 g/mol. The molecule has 2 heterocycles. The van der Waals surface area contributed by atoms with Crippen molar-refractivity contribution in [3.8, 4) is 0 Å². The van der Waals surface area contributed by atoms with Gasteiger partial charge in [0.25, 0.3) is 0 Å². The van der Waals surface area contributed by atoms with Crippen molar-refractivity contribution in [2.45, 2.75) is 31.6 Å². The largest absolute Gasteiger partial charge is 0.380 e. The van der Waals surface area contributed by atoms with Crippen molar-refractivity contribution >= 4 is 11.3 Å². The monoisotopic (exact) mass is 226 g/mol. The number of aromatic nitrogens is 1. The van der Waals surface area contributed by atoms with Crippen molar-refractivity contribution < 1.29 is 4.74 Å². The van der Waals surface area contributed by atoms with E-state index in [-0.39, 0.29) is 5.41 Å². The molecule has 4 heteroatoms. The van der Waals surface area contributed by atoms with Crippen LogP contribution < -0.4 is 5.73 Å². The first kappa shape index (κ1) is 11.0. The predicted molar refractivity (Wildman–Crippen MR) is 62.3 cm³/mol. The van der Waals surface area contributed by atoms with Crippen LogP contribution in [0, 0.1) is 0 Å². The number of hydrogen-bond acceptors (Lipinski definition) is 4. The zero-order chi connectivity index (χ0) is 10.7. The fourth-order valence-corrected chi connectivity index (χ4v) is 2.98. The van der Waals surface area contributed by atoms with Gasteiger partial charge in [-0.05, 0) is 19.4 Å². The first-order valence-electron chi connectivity index (χ1n) is 5.47. The molecule has 2 rings (SSSR count). The molecule has 1 unspecified atom stereocenters. The topological polar surface area (TPSA) is 48.1 Å². The average molecular weight is 226 g/mol. The molecule has 1 aliphatic rings. The third-order valence-electron chi connectivity index (χ3n) is 2.91. The Morgan fingerprint density at radius 1 is 1.67 bits per heavy atom. The molecule has 0 saturated carbocycles. The Hall–Kier alpha value is -0.450. The number of hydrogen-bond donors (Lipinski definition) is 1. The number of rotatable bonds is 3. The second kappa shape index (κ2) is 4.60. The van der Waals surface area contributed by atoms with Gasteiger partial charge in [-0.15, -0.1) is 11.3 Å². The van der Waals surface area contributed by atoms with E-state index in [0.717, 1.165) is 31.7 Å². The lowest BCUT2D eigenvalue weighted by Crippen LogP contribution is -2.32. The Morgan fingerprint density at radius 3 is 3.20 bits per heavy atom. The van der Waals surface area contributed by atoms with E-state index in [9.17, 15) is 0 Å². The molecule has 1 aliphatic heterocycles. The summed E-state index contributed by atoms with van der Waals surface area (Å²) in [5.41, 5.74) is 6.78. The third kappa shape index (κ3) is 2.38. The lowest BCUT2D eigenvalue weighted by molar-refractivity contribution is 0.0418. The van der Waals surface area contributed by atoms with Crippen molar-refractivity contribution in [3.05, 3.63) is 16.1 Å². The third-order valence-corrected chi connectivity index (χ3v) is 4.10. The Balaban J connectivity index is 2.12. The molecule has 1 aromatic heterocycles. The molecule has 1 saturated heterocycles. The van der Waals surface area contributed by atoms with Gasteiger partial charge in [0, 0.05) is 23.8 Å². The van der Waals surface area contributed by atoms with Crippen molar-refractivity contribution in [1.82, 2.24) is 4.98 Å². The fraction of sp³-hybridized carbons (Fsp3) is 0.727. The van der Waals surface area contributed by atoms with Gasteiger partial charge < -0.3 is 10.5 Å². The van der Waals surface area contributed by atoms with Crippen molar-refractivity contribution in [2.75, 3.05) is 19.8 Å². The van der Waals surface area contributed by atoms with Crippen LogP contribution in [0.1, 0.15) is 30.5 Å². The number of nitrogens with two attached hydrogens (primary N) is 1. The quantitative estimate of drug-likeness (QED) is 0.853. The van der Waals surface area contributed by atoms with Crippen LogP contribution in [0.2, 0.25) is 0 Å². The molecule has 1 atom stereocenters. The van der Waals surface area contributed by atoms with Gasteiger partial charge >= 0.3 is 0 Å². The van der Waals surface area contributed by atoms with E-state index in [1.54, 1.807) is 11.3 Å². The van der Waals surface area contributed by atoms with Crippen LogP contribution in [-0.2, 0) is 16.6 Å². The summed E-state index contributed by atoms with van der Waals surface area (Å²) < 4.78 is 5.55. The van der Waals surface area contributed by atoms with Crippen LogP contribution in [0.3, 0.4) is 0 Å². The van der Waals surface area contributed by atoms with Crippen molar-refractivity contribution in [3.63, 3.8) is 0 Å². The van der Waals surface area contributed by atoms with Crippen LogP contribution in [0.15, 0.2) is 5.38 Å². The molecule has 0 bridgehead atoms. The van der Waals surface area contributed by atoms with E-state index in [1.807, 2.05) is 0 Å². The summed E-state index contributed by atoms with van der Waals surface area (Å²) in [6.07, 6.45) is 3.21. The van der Waals surface area contributed by atoms with Gasteiger partial charge in [0.2, 0.25) is 0 Å². The molecule has 0 spiro atoms.